The van der Waals surface area contributed by atoms with Crippen LogP contribution in [-0.2, 0) is 4.79 Å². The van der Waals surface area contributed by atoms with Crippen molar-refractivity contribution in [3.63, 3.8) is 0 Å². The highest BCUT2D eigenvalue weighted by molar-refractivity contribution is 7.99. The van der Waals surface area contributed by atoms with E-state index in [1.54, 1.807) is 37.4 Å². The van der Waals surface area contributed by atoms with Gasteiger partial charge in [-0.05, 0) is 36.4 Å². The summed E-state index contributed by atoms with van der Waals surface area (Å²) in [5.74, 6) is -0.156. The maximum Gasteiger partial charge on any atom is 0.259 e. The third kappa shape index (κ3) is 5.92. The van der Waals surface area contributed by atoms with E-state index in [2.05, 4.69) is 20.8 Å². The van der Waals surface area contributed by atoms with Crippen LogP contribution in [0.5, 0.6) is 11.5 Å². The number of benzene rings is 2. The maximum absolute atomic E-state index is 13.7. The molecule has 2 N–H and O–H groups in total. The molecule has 0 saturated heterocycles. The molecule has 0 radical (unpaired) electrons. The Morgan fingerprint density at radius 3 is 2.48 bits per heavy atom. The van der Waals surface area contributed by atoms with Gasteiger partial charge in [-0.1, -0.05) is 23.9 Å². The van der Waals surface area contributed by atoms with E-state index in [1.807, 2.05) is 0 Å². The van der Waals surface area contributed by atoms with E-state index in [-0.39, 0.29) is 23.0 Å². The quantitative estimate of drug-likeness (QED) is 0.514. The molecule has 0 bridgehead atoms. The summed E-state index contributed by atoms with van der Waals surface area (Å²) in [5, 5.41) is 13.6. The van der Waals surface area contributed by atoms with Gasteiger partial charge in [0.15, 0.2) is 5.82 Å². The molecule has 31 heavy (non-hydrogen) atoms. The van der Waals surface area contributed by atoms with Gasteiger partial charge in [-0.15, -0.1) is 10.2 Å². The Hall–Kier alpha value is -3.66. The van der Waals surface area contributed by atoms with Crippen LogP contribution in [0.15, 0.2) is 59.6 Å². The molecule has 1 heterocycles. The molecule has 0 atom stereocenters. The molecule has 0 aliphatic rings. The van der Waals surface area contributed by atoms with E-state index < -0.39 is 11.7 Å². The molecule has 0 fully saturated rings. The van der Waals surface area contributed by atoms with Gasteiger partial charge in [0.25, 0.3) is 5.91 Å². The molecule has 3 rings (SSSR count). The number of rotatable bonds is 8. The number of halogens is 1. The van der Waals surface area contributed by atoms with Crippen molar-refractivity contribution < 1.29 is 23.5 Å². The van der Waals surface area contributed by atoms with Crippen molar-refractivity contribution in [2.45, 2.75) is 5.03 Å². The van der Waals surface area contributed by atoms with Gasteiger partial charge in [-0.25, -0.2) is 4.39 Å². The number of nitrogens with zero attached hydrogens (tertiary/aromatic N) is 2. The second kappa shape index (κ2) is 10.4. The smallest absolute Gasteiger partial charge is 0.259 e. The van der Waals surface area contributed by atoms with E-state index in [0.29, 0.717) is 22.2 Å². The number of anilines is 2. The van der Waals surface area contributed by atoms with Gasteiger partial charge in [0.05, 0.1) is 31.2 Å². The number of nitrogens with one attached hydrogen (secondary N) is 2. The van der Waals surface area contributed by atoms with Gasteiger partial charge in [0.1, 0.15) is 22.3 Å². The normalized spacial score (nSPS) is 10.3. The molecule has 0 aliphatic heterocycles. The summed E-state index contributed by atoms with van der Waals surface area (Å²) < 4.78 is 24.1. The van der Waals surface area contributed by atoms with Crippen molar-refractivity contribution in [2.24, 2.45) is 0 Å². The van der Waals surface area contributed by atoms with Crippen molar-refractivity contribution in [1.82, 2.24) is 10.2 Å². The third-order valence-electron chi connectivity index (χ3n) is 4.03. The molecule has 3 aromatic rings. The number of carbonyl (C=O) groups excluding carboxylic acids is 2. The molecule has 0 saturated carbocycles. The zero-order valence-corrected chi connectivity index (χ0v) is 17.5. The summed E-state index contributed by atoms with van der Waals surface area (Å²) in [6, 6.07) is 13.8. The Bertz CT molecular complexity index is 1080. The lowest BCUT2D eigenvalue weighted by Crippen LogP contribution is -2.15. The zero-order valence-electron chi connectivity index (χ0n) is 16.7. The number of methoxy groups -OCH3 is 2. The number of hydrogen-bond acceptors (Lipinski definition) is 7. The highest BCUT2D eigenvalue weighted by atomic mass is 32.2. The first-order valence-electron chi connectivity index (χ1n) is 9.04. The van der Waals surface area contributed by atoms with Crippen LogP contribution < -0.4 is 20.1 Å². The Kier molecular flexibility index (Phi) is 7.39. The molecular weight excluding hydrogens is 423 g/mol. The second-order valence-electron chi connectivity index (χ2n) is 6.09. The van der Waals surface area contributed by atoms with Crippen LogP contribution >= 0.6 is 11.8 Å². The SMILES string of the molecule is COc1ccc(NC(=O)CSc2ccc(NC(=O)c3ccccc3F)nn2)c(OC)c1. The topological polar surface area (TPSA) is 102 Å². The minimum atomic E-state index is -0.625. The van der Waals surface area contributed by atoms with Crippen molar-refractivity contribution in [3.8, 4) is 11.5 Å². The molecule has 10 heteroatoms. The van der Waals surface area contributed by atoms with E-state index in [9.17, 15) is 14.0 Å². The highest BCUT2D eigenvalue weighted by Gasteiger charge is 2.13. The van der Waals surface area contributed by atoms with Gasteiger partial charge in [-0.2, -0.15) is 0 Å². The standard InChI is InChI=1S/C21H19FN4O4S/c1-29-13-7-8-16(17(11-13)30-2)23-19(27)12-31-20-10-9-18(25-26-20)24-21(28)14-5-3-4-6-15(14)22/h3-11H,12H2,1-2H3,(H,23,27)(H,24,25,28). The number of carbonyl (C=O) groups is 2. The summed E-state index contributed by atoms with van der Waals surface area (Å²) in [5.41, 5.74) is 0.430. The Morgan fingerprint density at radius 1 is 1.00 bits per heavy atom. The van der Waals surface area contributed by atoms with Gasteiger partial charge in [-0.3, -0.25) is 9.59 Å². The Balaban J connectivity index is 1.54. The van der Waals surface area contributed by atoms with Gasteiger partial charge < -0.3 is 20.1 Å². The lowest BCUT2D eigenvalue weighted by Gasteiger charge is -2.11. The fourth-order valence-electron chi connectivity index (χ4n) is 2.52. The molecule has 1 aromatic heterocycles. The van der Waals surface area contributed by atoms with Crippen LogP contribution in [0.4, 0.5) is 15.9 Å². The predicted molar refractivity (Wildman–Crippen MR) is 115 cm³/mol. The summed E-state index contributed by atoms with van der Waals surface area (Å²) in [6.07, 6.45) is 0. The minimum absolute atomic E-state index is 0.0881. The van der Waals surface area contributed by atoms with Crippen molar-refractivity contribution in [1.29, 1.82) is 0 Å². The highest BCUT2D eigenvalue weighted by Crippen LogP contribution is 2.29. The monoisotopic (exact) mass is 442 g/mol. The average molecular weight is 442 g/mol. The van der Waals surface area contributed by atoms with Crippen LogP contribution in [-0.4, -0.2) is 42.0 Å². The van der Waals surface area contributed by atoms with Gasteiger partial charge >= 0.3 is 0 Å². The fraction of sp³-hybridized carbons (Fsp3) is 0.143. The summed E-state index contributed by atoms with van der Waals surface area (Å²) in [7, 11) is 3.04. The lowest BCUT2D eigenvalue weighted by atomic mass is 10.2. The first-order valence-corrected chi connectivity index (χ1v) is 10.0. The molecular formula is C21H19FN4O4S. The largest absolute Gasteiger partial charge is 0.497 e. The number of hydrogen-bond donors (Lipinski definition) is 2. The first-order chi connectivity index (χ1) is 15.0. The van der Waals surface area contributed by atoms with Crippen molar-refractivity contribution in [2.75, 3.05) is 30.6 Å². The number of thioether (sulfide) groups is 1. The molecule has 2 amide bonds. The van der Waals surface area contributed by atoms with Crippen LogP contribution in [0.1, 0.15) is 10.4 Å². The molecule has 8 nitrogen and oxygen atoms in total. The van der Waals surface area contributed by atoms with Crippen LogP contribution in [0.3, 0.4) is 0 Å². The number of aromatic nitrogens is 2. The van der Waals surface area contributed by atoms with E-state index in [0.717, 1.165) is 0 Å². The maximum atomic E-state index is 13.7. The van der Waals surface area contributed by atoms with Gasteiger partial charge in [0, 0.05) is 6.07 Å². The van der Waals surface area contributed by atoms with E-state index in [4.69, 9.17) is 9.47 Å². The summed E-state index contributed by atoms with van der Waals surface area (Å²) in [4.78, 5) is 24.4. The Labute approximate surface area is 182 Å². The third-order valence-corrected chi connectivity index (χ3v) is 4.95. The van der Waals surface area contributed by atoms with Crippen LogP contribution in [0, 0.1) is 5.82 Å². The molecule has 0 spiro atoms. The minimum Gasteiger partial charge on any atom is -0.497 e. The Morgan fingerprint density at radius 2 is 1.81 bits per heavy atom. The summed E-state index contributed by atoms with van der Waals surface area (Å²) in [6.45, 7) is 0. The molecule has 0 unspecified atom stereocenters. The van der Waals surface area contributed by atoms with E-state index >= 15 is 0 Å². The second-order valence-corrected chi connectivity index (χ2v) is 7.09. The van der Waals surface area contributed by atoms with Crippen molar-refractivity contribution >= 4 is 35.1 Å². The van der Waals surface area contributed by atoms with Crippen molar-refractivity contribution in [3.05, 3.63) is 66.0 Å². The number of ether oxygens (including phenoxy) is 2. The zero-order chi connectivity index (χ0) is 22.2. The average Bonchev–Trinajstić information content (AvgIpc) is 2.79. The molecule has 2 aromatic carbocycles. The fourth-order valence-corrected chi connectivity index (χ4v) is 3.13. The summed E-state index contributed by atoms with van der Waals surface area (Å²) >= 11 is 1.17. The van der Waals surface area contributed by atoms with Crippen LogP contribution in [0.2, 0.25) is 0 Å². The van der Waals surface area contributed by atoms with E-state index in [1.165, 1.54) is 43.1 Å². The molecule has 160 valence electrons. The first kappa shape index (κ1) is 22.0. The number of amides is 2. The lowest BCUT2D eigenvalue weighted by molar-refractivity contribution is -0.113. The molecule has 0 aliphatic carbocycles. The van der Waals surface area contributed by atoms with Crippen LogP contribution in [0.25, 0.3) is 0 Å². The predicted octanol–water partition coefficient (Wildman–Crippen LogP) is 3.62. The van der Waals surface area contributed by atoms with Gasteiger partial charge in [0.2, 0.25) is 5.91 Å².